The molecule has 0 aliphatic heterocycles. The molecule has 4 nitrogen and oxygen atoms in total. The van der Waals surface area contributed by atoms with Gasteiger partial charge in [-0.1, -0.05) is 26.8 Å². The van der Waals surface area contributed by atoms with Crippen molar-refractivity contribution in [2.75, 3.05) is 7.05 Å². The Labute approximate surface area is 137 Å². The number of hydrogen-bond acceptors (Lipinski definition) is 4. The second-order valence-corrected chi connectivity index (χ2v) is 5.41. The summed E-state index contributed by atoms with van der Waals surface area (Å²) in [6, 6.07) is 0. The molecular formula is C18H25FN4. The number of rotatable bonds is 6. The van der Waals surface area contributed by atoms with Crippen molar-refractivity contribution in [1.82, 2.24) is 9.97 Å². The fraction of sp³-hybridized carbons (Fsp3) is 0.389. The Hall–Kier alpha value is -2.30. The summed E-state index contributed by atoms with van der Waals surface area (Å²) in [5.41, 5.74) is 8.39. The van der Waals surface area contributed by atoms with E-state index < -0.39 is 5.82 Å². The summed E-state index contributed by atoms with van der Waals surface area (Å²) in [6.07, 6.45) is 8.72. The van der Waals surface area contributed by atoms with Gasteiger partial charge in [0.05, 0.1) is 6.20 Å². The van der Waals surface area contributed by atoms with Crippen molar-refractivity contribution < 1.29 is 4.39 Å². The molecular weight excluding hydrogens is 291 g/mol. The van der Waals surface area contributed by atoms with Gasteiger partial charge < -0.3 is 5.73 Å². The van der Waals surface area contributed by atoms with Crippen molar-refractivity contribution in [3.05, 3.63) is 53.5 Å². The number of aromatic nitrogens is 2. The number of hydrogen-bond donors (Lipinski definition) is 1. The van der Waals surface area contributed by atoms with Gasteiger partial charge in [-0.05, 0) is 43.2 Å². The van der Waals surface area contributed by atoms with Gasteiger partial charge in [-0.2, -0.15) is 0 Å². The molecule has 0 spiro atoms. The second kappa shape index (κ2) is 8.98. The lowest BCUT2D eigenvalue weighted by Crippen LogP contribution is -2.11. The third-order valence-corrected chi connectivity index (χ3v) is 3.35. The van der Waals surface area contributed by atoms with Crippen LogP contribution in [0.4, 0.5) is 4.39 Å². The molecule has 1 heterocycles. The summed E-state index contributed by atoms with van der Waals surface area (Å²) in [4.78, 5) is 12.5. The maximum atomic E-state index is 14.2. The van der Waals surface area contributed by atoms with Crippen LogP contribution in [0, 0.1) is 18.7 Å². The molecule has 5 heteroatoms. The Bertz CT molecular complexity index is 655. The normalized spacial score (nSPS) is 14.1. The first-order valence-electron chi connectivity index (χ1n) is 7.70. The first-order chi connectivity index (χ1) is 10.9. The minimum Gasteiger partial charge on any atom is -0.405 e. The number of aryl methyl sites for hydroxylation is 1. The molecule has 2 N–H and O–H groups in total. The molecule has 23 heavy (non-hydrogen) atoms. The van der Waals surface area contributed by atoms with Crippen LogP contribution in [-0.4, -0.2) is 22.7 Å². The molecule has 1 aromatic heterocycles. The molecule has 124 valence electrons. The van der Waals surface area contributed by atoms with Gasteiger partial charge in [-0.15, -0.1) is 0 Å². The Morgan fingerprint density at radius 2 is 2.13 bits per heavy atom. The average Bonchev–Trinajstić information content (AvgIpc) is 2.52. The van der Waals surface area contributed by atoms with Crippen molar-refractivity contribution in [3.8, 4) is 0 Å². The van der Waals surface area contributed by atoms with Gasteiger partial charge in [0.2, 0.25) is 0 Å². The zero-order valence-electron chi connectivity index (χ0n) is 14.5. The number of nitrogens with two attached hydrogens (primary N) is 1. The standard InChI is InChI=1S/C18H25FN4/c1-6-14(17(21-5)12(2)3)10-15(8-7-9-20)18-16(19)11-22-13(4)23-18/h7-12H,6,20H2,1-5H3. The number of aliphatic imine (C=N–C) groups is 1. The van der Waals surface area contributed by atoms with E-state index in [1.165, 1.54) is 12.4 Å². The third kappa shape index (κ3) is 5.13. The lowest BCUT2D eigenvalue weighted by atomic mass is 9.95. The first kappa shape index (κ1) is 18.7. The van der Waals surface area contributed by atoms with Crippen LogP contribution < -0.4 is 5.73 Å². The largest absolute Gasteiger partial charge is 0.405 e. The van der Waals surface area contributed by atoms with Crippen LogP contribution in [0.3, 0.4) is 0 Å². The quantitative estimate of drug-likeness (QED) is 0.640. The van der Waals surface area contributed by atoms with Crippen LogP contribution in [0.25, 0.3) is 5.57 Å². The Morgan fingerprint density at radius 3 is 2.65 bits per heavy atom. The molecule has 0 unspecified atom stereocenters. The highest BCUT2D eigenvalue weighted by atomic mass is 19.1. The van der Waals surface area contributed by atoms with Gasteiger partial charge in [-0.3, -0.25) is 4.99 Å². The van der Waals surface area contributed by atoms with Crippen molar-refractivity contribution in [1.29, 1.82) is 0 Å². The lowest BCUT2D eigenvalue weighted by Gasteiger charge is -2.14. The van der Waals surface area contributed by atoms with E-state index >= 15 is 0 Å². The molecule has 0 radical (unpaired) electrons. The monoisotopic (exact) mass is 316 g/mol. The molecule has 0 saturated heterocycles. The topological polar surface area (TPSA) is 64.2 Å². The van der Waals surface area contributed by atoms with Crippen molar-refractivity contribution >= 4 is 11.3 Å². The highest BCUT2D eigenvalue weighted by Gasteiger charge is 2.13. The second-order valence-electron chi connectivity index (χ2n) is 5.41. The fourth-order valence-corrected chi connectivity index (χ4v) is 2.33. The van der Waals surface area contributed by atoms with Gasteiger partial charge in [0, 0.05) is 18.3 Å². The molecule has 1 rings (SSSR count). The number of allylic oxidation sites excluding steroid dienone is 5. The predicted octanol–water partition coefficient (Wildman–Crippen LogP) is 3.84. The van der Waals surface area contributed by atoms with Gasteiger partial charge in [-0.25, -0.2) is 14.4 Å². The Balaban J connectivity index is 3.48. The summed E-state index contributed by atoms with van der Waals surface area (Å²) in [6.45, 7) is 7.96. The van der Waals surface area contributed by atoms with Crippen LogP contribution in [0.5, 0.6) is 0 Å². The van der Waals surface area contributed by atoms with E-state index in [2.05, 4.69) is 35.7 Å². The van der Waals surface area contributed by atoms with Crippen LogP contribution in [0.2, 0.25) is 0 Å². The average molecular weight is 316 g/mol. The molecule has 0 amide bonds. The molecule has 0 atom stereocenters. The summed E-state index contributed by atoms with van der Waals surface area (Å²) in [5.74, 6) is 0.344. The molecule has 0 bridgehead atoms. The van der Waals surface area contributed by atoms with E-state index in [1.54, 1.807) is 26.1 Å². The van der Waals surface area contributed by atoms with E-state index in [0.717, 1.165) is 17.7 Å². The SMILES string of the molecule is CCC(=CC(=CC=CN)c1nc(C)ncc1F)C(=NC)C(C)C. The van der Waals surface area contributed by atoms with E-state index in [1.807, 2.05) is 6.08 Å². The van der Waals surface area contributed by atoms with Gasteiger partial charge >= 0.3 is 0 Å². The van der Waals surface area contributed by atoms with Crippen molar-refractivity contribution in [3.63, 3.8) is 0 Å². The van der Waals surface area contributed by atoms with Crippen LogP contribution in [0.1, 0.15) is 38.7 Å². The lowest BCUT2D eigenvalue weighted by molar-refractivity contribution is 0.606. The highest BCUT2D eigenvalue weighted by Crippen LogP contribution is 2.22. The minimum atomic E-state index is -0.460. The zero-order valence-corrected chi connectivity index (χ0v) is 14.5. The highest BCUT2D eigenvalue weighted by molar-refractivity contribution is 6.03. The van der Waals surface area contributed by atoms with Crippen LogP contribution in [-0.2, 0) is 0 Å². The number of nitrogens with zero attached hydrogens (tertiary/aromatic N) is 3. The maximum absolute atomic E-state index is 14.2. The minimum absolute atomic E-state index is 0.265. The van der Waals surface area contributed by atoms with E-state index in [-0.39, 0.29) is 11.6 Å². The maximum Gasteiger partial charge on any atom is 0.167 e. The van der Waals surface area contributed by atoms with Gasteiger partial charge in [0.25, 0.3) is 0 Å². The molecule has 0 saturated carbocycles. The molecule has 0 aliphatic carbocycles. The smallest absolute Gasteiger partial charge is 0.167 e. The van der Waals surface area contributed by atoms with E-state index in [0.29, 0.717) is 11.4 Å². The van der Waals surface area contributed by atoms with Crippen LogP contribution >= 0.6 is 0 Å². The van der Waals surface area contributed by atoms with E-state index in [4.69, 9.17) is 5.73 Å². The molecule has 1 aromatic rings. The van der Waals surface area contributed by atoms with E-state index in [9.17, 15) is 4.39 Å². The molecule has 0 fully saturated rings. The van der Waals surface area contributed by atoms with Crippen molar-refractivity contribution in [2.45, 2.75) is 34.1 Å². The Kier molecular flexibility index (Phi) is 7.32. The third-order valence-electron chi connectivity index (χ3n) is 3.35. The summed E-state index contributed by atoms with van der Waals surface area (Å²) >= 11 is 0. The van der Waals surface area contributed by atoms with Crippen LogP contribution in [0.15, 0.2) is 41.2 Å². The fourth-order valence-electron chi connectivity index (χ4n) is 2.33. The predicted molar refractivity (Wildman–Crippen MR) is 94.6 cm³/mol. The molecule has 0 aromatic carbocycles. The molecule has 0 aliphatic rings. The first-order valence-corrected chi connectivity index (χ1v) is 7.70. The summed E-state index contributed by atoms with van der Waals surface area (Å²) in [7, 11) is 1.78. The summed E-state index contributed by atoms with van der Waals surface area (Å²) < 4.78 is 14.2. The van der Waals surface area contributed by atoms with Crippen molar-refractivity contribution in [2.24, 2.45) is 16.6 Å². The van der Waals surface area contributed by atoms with Gasteiger partial charge in [0.15, 0.2) is 5.82 Å². The Morgan fingerprint density at radius 1 is 1.43 bits per heavy atom. The van der Waals surface area contributed by atoms with Gasteiger partial charge in [0.1, 0.15) is 11.5 Å². The summed E-state index contributed by atoms with van der Waals surface area (Å²) in [5, 5.41) is 0. The number of halogens is 1. The zero-order chi connectivity index (χ0) is 17.4.